The molecule has 1 aromatic rings. The van der Waals surface area contributed by atoms with Crippen molar-refractivity contribution < 1.29 is 14.0 Å². The van der Waals surface area contributed by atoms with Gasteiger partial charge in [0.25, 0.3) is 0 Å². The average Bonchev–Trinajstić information content (AvgIpc) is 3.39. The fourth-order valence-corrected chi connectivity index (χ4v) is 3.03. The molecular weight excluding hydrogens is 309 g/mol. The van der Waals surface area contributed by atoms with E-state index in [0.717, 1.165) is 18.4 Å². The van der Waals surface area contributed by atoms with E-state index in [1.54, 1.807) is 17.0 Å². The van der Waals surface area contributed by atoms with Gasteiger partial charge in [-0.1, -0.05) is 12.1 Å². The first-order chi connectivity index (χ1) is 11.5. The molecule has 24 heavy (non-hydrogen) atoms. The van der Waals surface area contributed by atoms with Crippen molar-refractivity contribution in [2.75, 3.05) is 13.1 Å². The van der Waals surface area contributed by atoms with Crippen LogP contribution in [0.3, 0.4) is 0 Å². The van der Waals surface area contributed by atoms with Crippen molar-refractivity contribution in [3.63, 3.8) is 0 Å². The molecule has 5 nitrogen and oxygen atoms in total. The lowest BCUT2D eigenvalue weighted by atomic mass is 9.95. The summed E-state index contributed by atoms with van der Waals surface area (Å²) < 4.78 is 13.3. The highest BCUT2D eigenvalue weighted by Crippen LogP contribution is 2.22. The molecular formula is C18H24FN3O2. The Hall–Kier alpha value is -2.11. The maximum Gasteiger partial charge on any atom is 0.317 e. The molecule has 3 rings (SSSR count). The van der Waals surface area contributed by atoms with Crippen LogP contribution in [0.1, 0.15) is 44.2 Å². The number of urea groups is 1. The number of rotatable bonds is 4. The molecule has 1 aromatic carbocycles. The van der Waals surface area contributed by atoms with Gasteiger partial charge in [-0.05, 0) is 50.3 Å². The fraction of sp³-hybridized carbons (Fsp3) is 0.556. The normalized spacial score (nSPS) is 19.7. The number of halogens is 1. The third-order valence-corrected chi connectivity index (χ3v) is 4.77. The van der Waals surface area contributed by atoms with Gasteiger partial charge in [0.15, 0.2) is 0 Å². The van der Waals surface area contributed by atoms with E-state index < -0.39 is 0 Å². The van der Waals surface area contributed by atoms with E-state index in [4.69, 9.17) is 0 Å². The van der Waals surface area contributed by atoms with Gasteiger partial charge in [-0.2, -0.15) is 0 Å². The highest BCUT2D eigenvalue weighted by atomic mass is 19.1. The Balaban J connectivity index is 1.47. The number of nitrogens with one attached hydrogen (secondary N) is 2. The van der Waals surface area contributed by atoms with E-state index in [0.29, 0.717) is 32.0 Å². The predicted octanol–water partition coefficient (Wildman–Crippen LogP) is 2.59. The third-order valence-electron chi connectivity index (χ3n) is 4.77. The Morgan fingerprint density at radius 1 is 1.21 bits per heavy atom. The molecule has 1 heterocycles. The van der Waals surface area contributed by atoms with Crippen LogP contribution >= 0.6 is 0 Å². The average molecular weight is 333 g/mol. The molecule has 1 aliphatic heterocycles. The molecule has 0 aromatic heterocycles. The molecule has 3 amide bonds. The van der Waals surface area contributed by atoms with Gasteiger partial charge in [0.2, 0.25) is 5.91 Å². The maximum atomic E-state index is 13.3. The molecule has 1 aliphatic carbocycles. The second-order valence-corrected chi connectivity index (χ2v) is 6.77. The number of carbonyl (C=O) groups is 2. The number of nitrogens with zero attached hydrogens (tertiary/aromatic N) is 1. The lowest BCUT2D eigenvalue weighted by Crippen LogP contribution is -2.47. The standard InChI is InChI=1S/C18H24FN3O2/c1-12(14-3-2-4-15(19)11-14)20-17(23)13-7-9-22(10-8-13)18(24)21-16-5-6-16/h2-4,11-13,16H,5-10H2,1H3,(H,20,23)(H,21,24)/t12-/m0/s1. The minimum absolute atomic E-state index is 0.00973. The van der Waals surface area contributed by atoms with Gasteiger partial charge >= 0.3 is 6.03 Å². The van der Waals surface area contributed by atoms with Gasteiger partial charge < -0.3 is 15.5 Å². The smallest absolute Gasteiger partial charge is 0.317 e. The largest absolute Gasteiger partial charge is 0.349 e. The minimum atomic E-state index is -0.302. The quantitative estimate of drug-likeness (QED) is 0.890. The molecule has 1 saturated carbocycles. The van der Waals surface area contributed by atoms with Gasteiger partial charge in [-0.3, -0.25) is 4.79 Å². The van der Waals surface area contributed by atoms with Gasteiger partial charge in [0, 0.05) is 25.0 Å². The maximum absolute atomic E-state index is 13.3. The van der Waals surface area contributed by atoms with Gasteiger partial charge in [-0.15, -0.1) is 0 Å². The van der Waals surface area contributed by atoms with Gasteiger partial charge in [0.1, 0.15) is 5.82 Å². The van der Waals surface area contributed by atoms with Crippen LogP contribution < -0.4 is 10.6 Å². The van der Waals surface area contributed by atoms with Gasteiger partial charge in [-0.25, -0.2) is 9.18 Å². The summed E-state index contributed by atoms with van der Waals surface area (Å²) in [4.78, 5) is 26.2. The lowest BCUT2D eigenvalue weighted by molar-refractivity contribution is -0.126. The summed E-state index contributed by atoms with van der Waals surface area (Å²) in [6.45, 7) is 3.06. The highest BCUT2D eigenvalue weighted by molar-refractivity contribution is 5.80. The Kier molecular flexibility index (Phi) is 5.02. The van der Waals surface area contributed by atoms with Gasteiger partial charge in [0.05, 0.1) is 6.04 Å². The van der Waals surface area contributed by atoms with Crippen LogP contribution in [0.4, 0.5) is 9.18 Å². The van der Waals surface area contributed by atoms with Crippen LogP contribution in [0.2, 0.25) is 0 Å². The molecule has 0 unspecified atom stereocenters. The Labute approximate surface area is 141 Å². The second kappa shape index (κ2) is 7.20. The van der Waals surface area contributed by atoms with Crippen LogP contribution in [0.5, 0.6) is 0 Å². The Morgan fingerprint density at radius 2 is 1.92 bits per heavy atom. The molecule has 0 spiro atoms. The molecule has 1 atom stereocenters. The van der Waals surface area contributed by atoms with E-state index in [1.165, 1.54) is 12.1 Å². The topological polar surface area (TPSA) is 61.4 Å². The SMILES string of the molecule is C[C@H](NC(=O)C1CCN(C(=O)NC2CC2)CC1)c1cccc(F)c1. The molecule has 2 fully saturated rings. The van der Waals surface area contributed by atoms with Crippen molar-refractivity contribution in [1.29, 1.82) is 0 Å². The summed E-state index contributed by atoms with van der Waals surface area (Å²) in [6, 6.07) is 6.39. The number of piperidine rings is 1. The Bertz CT molecular complexity index is 610. The minimum Gasteiger partial charge on any atom is -0.349 e. The summed E-state index contributed by atoms with van der Waals surface area (Å²) in [6.07, 6.45) is 3.48. The molecule has 0 bridgehead atoms. The summed E-state index contributed by atoms with van der Waals surface area (Å²) in [7, 11) is 0. The van der Waals surface area contributed by atoms with Crippen LogP contribution in [0.15, 0.2) is 24.3 Å². The van der Waals surface area contributed by atoms with Crippen LogP contribution in [0.25, 0.3) is 0 Å². The number of benzene rings is 1. The number of hydrogen-bond donors (Lipinski definition) is 2. The first kappa shape index (κ1) is 16.7. The first-order valence-corrected chi connectivity index (χ1v) is 8.64. The molecule has 2 N–H and O–H groups in total. The zero-order chi connectivity index (χ0) is 17.1. The first-order valence-electron chi connectivity index (χ1n) is 8.64. The predicted molar refractivity (Wildman–Crippen MR) is 88.8 cm³/mol. The second-order valence-electron chi connectivity index (χ2n) is 6.77. The van der Waals surface area contributed by atoms with E-state index in [-0.39, 0.29) is 29.7 Å². The summed E-state index contributed by atoms with van der Waals surface area (Å²) in [5.74, 6) is -0.413. The van der Waals surface area contributed by atoms with Crippen molar-refractivity contribution in [2.24, 2.45) is 5.92 Å². The van der Waals surface area contributed by atoms with Crippen molar-refractivity contribution in [3.05, 3.63) is 35.6 Å². The lowest BCUT2D eigenvalue weighted by Gasteiger charge is -2.32. The van der Waals surface area contributed by atoms with Crippen LogP contribution in [0, 0.1) is 11.7 Å². The van der Waals surface area contributed by atoms with E-state index in [2.05, 4.69) is 10.6 Å². The molecule has 130 valence electrons. The zero-order valence-electron chi connectivity index (χ0n) is 13.9. The van der Waals surface area contributed by atoms with E-state index >= 15 is 0 Å². The molecule has 2 aliphatic rings. The third kappa shape index (κ3) is 4.24. The number of hydrogen-bond acceptors (Lipinski definition) is 2. The fourth-order valence-electron chi connectivity index (χ4n) is 3.03. The summed E-state index contributed by atoms with van der Waals surface area (Å²) >= 11 is 0. The number of carbonyl (C=O) groups excluding carboxylic acids is 2. The summed E-state index contributed by atoms with van der Waals surface area (Å²) in [5, 5.41) is 5.93. The molecule has 1 saturated heterocycles. The van der Waals surface area contributed by atoms with E-state index in [1.807, 2.05) is 6.92 Å². The van der Waals surface area contributed by atoms with Crippen LogP contribution in [-0.4, -0.2) is 36.0 Å². The Morgan fingerprint density at radius 3 is 2.54 bits per heavy atom. The van der Waals surface area contributed by atoms with E-state index in [9.17, 15) is 14.0 Å². The monoisotopic (exact) mass is 333 g/mol. The molecule has 6 heteroatoms. The van der Waals surface area contributed by atoms with Crippen molar-refractivity contribution in [1.82, 2.24) is 15.5 Å². The summed E-state index contributed by atoms with van der Waals surface area (Å²) in [5.41, 5.74) is 0.754. The number of likely N-dealkylation sites (tertiary alicyclic amines) is 1. The molecule has 0 radical (unpaired) electrons. The van der Waals surface area contributed by atoms with Crippen molar-refractivity contribution >= 4 is 11.9 Å². The number of amides is 3. The van der Waals surface area contributed by atoms with Crippen molar-refractivity contribution in [2.45, 2.75) is 44.7 Å². The highest BCUT2D eigenvalue weighted by Gasteiger charge is 2.30. The van der Waals surface area contributed by atoms with Crippen molar-refractivity contribution in [3.8, 4) is 0 Å². The van der Waals surface area contributed by atoms with Crippen LogP contribution in [-0.2, 0) is 4.79 Å². The zero-order valence-corrected chi connectivity index (χ0v) is 13.9.